The molecule has 1 unspecified atom stereocenters. The zero-order valence-corrected chi connectivity index (χ0v) is 16.9. The first-order valence-electron chi connectivity index (χ1n) is 9.71. The van der Waals surface area contributed by atoms with Crippen LogP contribution in [0.2, 0.25) is 0 Å². The summed E-state index contributed by atoms with van der Waals surface area (Å²) in [6.45, 7) is 2.76. The van der Waals surface area contributed by atoms with E-state index in [0.29, 0.717) is 36.6 Å². The smallest absolute Gasteiger partial charge is 0.249 e. The third-order valence-electron chi connectivity index (χ3n) is 5.18. The monoisotopic (exact) mass is 417 g/mol. The molecule has 1 aliphatic heterocycles. The van der Waals surface area contributed by atoms with Crippen molar-refractivity contribution in [1.29, 1.82) is 0 Å². The van der Waals surface area contributed by atoms with Gasteiger partial charge in [0.15, 0.2) is 5.82 Å². The molecular weight excluding hydrogens is 395 g/mol. The fourth-order valence-corrected chi connectivity index (χ4v) is 4.60. The van der Waals surface area contributed by atoms with Gasteiger partial charge in [-0.25, -0.2) is 9.67 Å². The summed E-state index contributed by atoms with van der Waals surface area (Å²) in [4.78, 5) is 5.84. The van der Waals surface area contributed by atoms with Crippen LogP contribution in [0.15, 0.2) is 53.4 Å². The highest BCUT2D eigenvalue weighted by molar-refractivity contribution is 7.99. The van der Waals surface area contributed by atoms with E-state index in [2.05, 4.69) is 41.3 Å². The second kappa shape index (κ2) is 8.22. The van der Waals surface area contributed by atoms with Gasteiger partial charge in [0, 0.05) is 29.5 Å². The van der Waals surface area contributed by atoms with E-state index < -0.39 is 11.7 Å². The van der Waals surface area contributed by atoms with Crippen LogP contribution >= 0.6 is 11.8 Å². The van der Waals surface area contributed by atoms with Crippen LogP contribution in [0.3, 0.4) is 0 Å². The Labute approximate surface area is 172 Å². The first-order chi connectivity index (χ1) is 13.9. The zero-order chi connectivity index (χ0) is 20.4. The minimum Gasteiger partial charge on any atom is -0.249 e. The molecule has 152 valence electrons. The molecule has 0 bridgehead atoms. The average molecular weight is 418 g/mol. The maximum atomic E-state index is 13.5. The summed E-state index contributed by atoms with van der Waals surface area (Å²) in [5, 5.41) is 4.57. The fourth-order valence-electron chi connectivity index (χ4n) is 3.75. The van der Waals surface area contributed by atoms with Crippen molar-refractivity contribution in [3.05, 3.63) is 76.9 Å². The van der Waals surface area contributed by atoms with Gasteiger partial charge in [-0.15, -0.1) is 11.8 Å². The number of hydrogen-bond acceptors (Lipinski definition) is 3. The topological polar surface area (TPSA) is 30.7 Å². The van der Waals surface area contributed by atoms with Crippen LogP contribution in [0.25, 0.3) is 0 Å². The molecule has 0 saturated carbocycles. The van der Waals surface area contributed by atoms with Crippen LogP contribution in [0.5, 0.6) is 0 Å². The highest BCUT2D eigenvalue weighted by Crippen LogP contribution is 2.40. The first-order valence-corrected chi connectivity index (χ1v) is 10.7. The lowest BCUT2D eigenvalue weighted by Gasteiger charge is -2.25. The maximum absolute atomic E-state index is 13.5. The van der Waals surface area contributed by atoms with Gasteiger partial charge in [-0.2, -0.15) is 18.3 Å². The molecule has 2 heterocycles. The molecule has 29 heavy (non-hydrogen) atoms. The largest absolute Gasteiger partial charge is 0.416 e. The van der Waals surface area contributed by atoms with Crippen LogP contribution in [0, 0.1) is 6.92 Å². The highest BCUT2D eigenvalue weighted by Gasteiger charge is 2.37. The lowest BCUT2D eigenvalue weighted by Crippen LogP contribution is -2.21. The van der Waals surface area contributed by atoms with Gasteiger partial charge in [0.1, 0.15) is 5.82 Å². The van der Waals surface area contributed by atoms with E-state index in [1.165, 1.54) is 16.5 Å². The Kier molecular flexibility index (Phi) is 5.67. The molecule has 1 atom stereocenters. The first kappa shape index (κ1) is 20.0. The van der Waals surface area contributed by atoms with E-state index >= 15 is 0 Å². The molecule has 0 N–H and O–H groups in total. The van der Waals surface area contributed by atoms with Gasteiger partial charge >= 0.3 is 6.18 Å². The Balaban J connectivity index is 1.52. The quantitative estimate of drug-likeness (QED) is 0.487. The van der Waals surface area contributed by atoms with E-state index in [1.807, 2.05) is 0 Å². The van der Waals surface area contributed by atoms with E-state index in [1.54, 1.807) is 28.6 Å². The summed E-state index contributed by atoms with van der Waals surface area (Å²) in [5.41, 5.74) is 0.954. The van der Waals surface area contributed by atoms with Crippen molar-refractivity contribution in [2.24, 2.45) is 0 Å². The molecule has 0 radical (unpaired) electrons. The number of aryl methyl sites for hydroxylation is 3. The van der Waals surface area contributed by atoms with Crippen LogP contribution in [-0.4, -0.2) is 20.5 Å². The van der Waals surface area contributed by atoms with Crippen LogP contribution < -0.4 is 0 Å². The van der Waals surface area contributed by atoms with E-state index in [-0.39, 0.29) is 5.92 Å². The number of aromatic nitrogens is 3. The standard InChI is InChI=1S/C22H22F3N3S/c1-15-8-10-16(11-9-15)29-14-12-20-26-21-18(6-4-13-28(21)27-20)17-5-2-3-7-19(17)22(23,24)25/h2-3,5,7-11,18H,4,6,12-14H2,1H3. The molecule has 3 aromatic rings. The molecule has 0 fully saturated rings. The molecule has 1 aromatic heterocycles. The molecule has 0 amide bonds. The summed E-state index contributed by atoms with van der Waals surface area (Å²) in [7, 11) is 0. The predicted molar refractivity (Wildman–Crippen MR) is 108 cm³/mol. The zero-order valence-electron chi connectivity index (χ0n) is 16.1. The Bertz CT molecular complexity index is 980. The summed E-state index contributed by atoms with van der Waals surface area (Å²) in [6, 6.07) is 14.2. The average Bonchev–Trinajstić information content (AvgIpc) is 3.12. The molecule has 0 saturated heterocycles. The van der Waals surface area contributed by atoms with Gasteiger partial charge in [-0.3, -0.25) is 0 Å². The lowest BCUT2D eigenvalue weighted by atomic mass is 9.88. The van der Waals surface area contributed by atoms with E-state index in [4.69, 9.17) is 0 Å². The van der Waals surface area contributed by atoms with Crippen molar-refractivity contribution in [2.75, 3.05) is 5.75 Å². The van der Waals surface area contributed by atoms with Gasteiger partial charge in [0.25, 0.3) is 0 Å². The van der Waals surface area contributed by atoms with Crippen LogP contribution in [0.4, 0.5) is 13.2 Å². The van der Waals surface area contributed by atoms with Crippen LogP contribution in [-0.2, 0) is 19.1 Å². The van der Waals surface area contributed by atoms with Crippen molar-refractivity contribution in [2.45, 2.75) is 49.7 Å². The SMILES string of the molecule is Cc1ccc(SCCc2nc3n(n2)CCCC3c2ccccc2C(F)(F)F)cc1. The molecule has 3 nitrogen and oxygen atoms in total. The third kappa shape index (κ3) is 4.50. The number of rotatable bonds is 5. The predicted octanol–water partition coefficient (Wildman–Crippen LogP) is 5.87. The lowest BCUT2D eigenvalue weighted by molar-refractivity contribution is -0.138. The van der Waals surface area contributed by atoms with Crippen molar-refractivity contribution >= 4 is 11.8 Å². The van der Waals surface area contributed by atoms with Crippen LogP contribution in [0.1, 0.15) is 47.1 Å². The molecular formula is C22H22F3N3S. The molecule has 0 spiro atoms. The van der Waals surface area contributed by atoms with Crippen molar-refractivity contribution < 1.29 is 13.2 Å². The minimum absolute atomic E-state index is 0.300. The molecule has 2 aromatic carbocycles. The number of halogens is 3. The number of thioether (sulfide) groups is 1. The Hall–Kier alpha value is -2.28. The Morgan fingerprint density at radius 1 is 1.10 bits per heavy atom. The number of nitrogens with zero attached hydrogens (tertiary/aromatic N) is 3. The van der Waals surface area contributed by atoms with E-state index in [0.717, 1.165) is 18.2 Å². The minimum atomic E-state index is -4.37. The van der Waals surface area contributed by atoms with E-state index in [9.17, 15) is 13.2 Å². The maximum Gasteiger partial charge on any atom is 0.416 e. The number of hydrogen-bond donors (Lipinski definition) is 0. The molecule has 1 aliphatic rings. The van der Waals surface area contributed by atoms with Gasteiger partial charge in [0.05, 0.1) is 5.56 Å². The Morgan fingerprint density at radius 3 is 2.62 bits per heavy atom. The highest BCUT2D eigenvalue weighted by atomic mass is 32.2. The van der Waals surface area contributed by atoms with Gasteiger partial charge in [0.2, 0.25) is 0 Å². The molecule has 4 rings (SSSR count). The second-order valence-electron chi connectivity index (χ2n) is 7.30. The van der Waals surface area contributed by atoms with Gasteiger partial charge < -0.3 is 0 Å². The molecule has 0 aliphatic carbocycles. The van der Waals surface area contributed by atoms with Gasteiger partial charge in [-0.1, -0.05) is 35.9 Å². The van der Waals surface area contributed by atoms with Gasteiger partial charge in [-0.05, 0) is 43.5 Å². The summed E-state index contributed by atoms with van der Waals surface area (Å²) < 4.78 is 42.3. The summed E-state index contributed by atoms with van der Waals surface area (Å²) in [6.07, 6.45) is -2.23. The van der Waals surface area contributed by atoms with Crippen molar-refractivity contribution in [3.8, 4) is 0 Å². The number of alkyl halides is 3. The van der Waals surface area contributed by atoms with Crippen molar-refractivity contribution in [3.63, 3.8) is 0 Å². The van der Waals surface area contributed by atoms with Crippen molar-refractivity contribution in [1.82, 2.24) is 14.8 Å². The Morgan fingerprint density at radius 2 is 1.86 bits per heavy atom. The summed E-state index contributed by atoms with van der Waals surface area (Å²) >= 11 is 1.73. The molecule has 7 heteroatoms. The fraction of sp³-hybridized carbons (Fsp3) is 0.364. The third-order valence-corrected chi connectivity index (χ3v) is 6.19. The number of fused-ring (bicyclic) bond motifs is 1. The summed E-state index contributed by atoms with van der Waals surface area (Å²) in [5.74, 6) is 1.82. The normalized spacial score (nSPS) is 16.6. The number of benzene rings is 2. The second-order valence-corrected chi connectivity index (χ2v) is 8.47.